The molecule has 1 rings (SSSR count). The molecule has 19 heavy (non-hydrogen) atoms. The van der Waals surface area contributed by atoms with Crippen LogP contribution in [0.5, 0.6) is 0 Å². The summed E-state index contributed by atoms with van der Waals surface area (Å²) in [6, 6.07) is 0. The lowest BCUT2D eigenvalue weighted by molar-refractivity contribution is -0.157. The van der Waals surface area contributed by atoms with Crippen LogP contribution in [0.3, 0.4) is 0 Å². The van der Waals surface area contributed by atoms with Crippen molar-refractivity contribution in [3.63, 3.8) is 0 Å². The largest absolute Gasteiger partial charge is 0.394 e. The van der Waals surface area contributed by atoms with Crippen molar-refractivity contribution in [2.45, 2.75) is 5.41 Å². The first-order chi connectivity index (χ1) is 9.11. The van der Waals surface area contributed by atoms with Crippen molar-refractivity contribution in [2.24, 2.45) is 0 Å². The summed E-state index contributed by atoms with van der Waals surface area (Å²) in [6.07, 6.45) is 0.499. The maximum atomic E-state index is 11.6. The number of thiophene rings is 1. The van der Waals surface area contributed by atoms with Crippen molar-refractivity contribution in [1.29, 1.82) is 0 Å². The van der Waals surface area contributed by atoms with E-state index in [0.717, 1.165) is 0 Å². The zero-order valence-electron chi connectivity index (χ0n) is 9.23. The number of aldehydes is 4. The van der Waals surface area contributed by atoms with E-state index in [1.165, 1.54) is 5.38 Å². The first-order valence-corrected chi connectivity index (χ1v) is 5.59. The molecule has 0 spiro atoms. The van der Waals surface area contributed by atoms with E-state index in [1.54, 1.807) is 0 Å². The van der Waals surface area contributed by atoms with Gasteiger partial charge in [0.1, 0.15) is 12.6 Å². The molecule has 0 amide bonds. The minimum Gasteiger partial charge on any atom is -0.394 e. The summed E-state index contributed by atoms with van der Waals surface area (Å²) in [7, 11) is 0. The van der Waals surface area contributed by atoms with Gasteiger partial charge in [-0.3, -0.25) is 14.4 Å². The zero-order chi connectivity index (χ0) is 14.5. The van der Waals surface area contributed by atoms with Crippen LogP contribution in [0.2, 0.25) is 0 Å². The molecule has 0 atom stereocenters. The molecule has 0 bridgehead atoms. The second-order valence-corrected chi connectivity index (χ2v) is 4.16. The van der Waals surface area contributed by atoms with Gasteiger partial charge in [-0.25, -0.2) is 4.79 Å². The molecule has 8 heteroatoms. The fourth-order valence-corrected chi connectivity index (χ4v) is 2.47. The maximum Gasteiger partial charge on any atom is 0.339 e. The highest BCUT2D eigenvalue weighted by Crippen LogP contribution is 2.31. The van der Waals surface area contributed by atoms with E-state index in [1.807, 2.05) is 0 Å². The Morgan fingerprint density at radius 2 is 1.74 bits per heavy atom. The lowest BCUT2D eigenvalue weighted by atomic mass is 9.87. The summed E-state index contributed by atoms with van der Waals surface area (Å²) in [6.45, 7) is -0.237. The zero-order valence-corrected chi connectivity index (χ0v) is 10.0. The Hall–Kier alpha value is -2.48. The quantitative estimate of drug-likeness (QED) is 0.383. The van der Waals surface area contributed by atoms with Gasteiger partial charge in [0.15, 0.2) is 12.6 Å². The second-order valence-electron chi connectivity index (χ2n) is 3.28. The first kappa shape index (κ1) is 14.6. The Morgan fingerprint density at radius 3 is 2.16 bits per heavy atom. The molecule has 0 radical (unpaired) electrons. The number of hydrogen-bond acceptors (Lipinski definition) is 8. The highest BCUT2D eigenvalue weighted by Gasteiger charge is 2.45. The predicted molar refractivity (Wildman–Crippen MR) is 61.1 cm³/mol. The van der Waals surface area contributed by atoms with Gasteiger partial charge in [-0.05, 0) is 0 Å². The Labute approximate surface area is 110 Å². The Morgan fingerprint density at radius 1 is 1.11 bits per heavy atom. The van der Waals surface area contributed by atoms with Gasteiger partial charge in [-0.2, -0.15) is 0 Å². The number of carbonyl (C=O) groups is 6. The van der Waals surface area contributed by atoms with Gasteiger partial charge >= 0.3 is 12.4 Å². The standard InChI is InChI=1S/C11H6O7S/c12-1-7-3-19-9(8(7)2-13)11(4-14,5-15)10(17)18-6-16/h1-6H. The summed E-state index contributed by atoms with van der Waals surface area (Å²) in [5.41, 5.74) is -2.76. The molecule has 0 aromatic carbocycles. The van der Waals surface area contributed by atoms with Crippen molar-refractivity contribution in [3.05, 3.63) is 21.4 Å². The minimum atomic E-state index is -2.43. The molecule has 0 unspecified atom stereocenters. The van der Waals surface area contributed by atoms with Gasteiger partial charge in [-0.1, -0.05) is 0 Å². The summed E-state index contributed by atoms with van der Waals surface area (Å²) in [5, 5.41) is 1.21. The number of carbonyl (C=O) groups excluding carboxylic acids is 6. The van der Waals surface area contributed by atoms with E-state index in [-0.39, 0.29) is 41.3 Å². The van der Waals surface area contributed by atoms with E-state index < -0.39 is 11.4 Å². The normalized spacial score (nSPS) is 10.3. The third-order valence-corrected chi connectivity index (χ3v) is 3.51. The minimum absolute atomic E-state index is 0.0424. The molecule has 1 aromatic heterocycles. The molecular weight excluding hydrogens is 276 g/mol. The second kappa shape index (κ2) is 5.91. The molecule has 1 heterocycles. The van der Waals surface area contributed by atoms with Crippen molar-refractivity contribution in [1.82, 2.24) is 0 Å². The van der Waals surface area contributed by atoms with E-state index in [4.69, 9.17) is 0 Å². The summed E-state index contributed by atoms with van der Waals surface area (Å²) >= 11 is 0.694. The van der Waals surface area contributed by atoms with Crippen LogP contribution in [0, 0.1) is 0 Å². The average molecular weight is 282 g/mol. The fourth-order valence-electron chi connectivity index (χ4n) is 1.38. The van der Waals surface area contributed by atoms with Crippen LogP contribution in [0.15, 0.2) is 5.38 Å². The van der Waals surface area contributed by atoms with Crippen LogP contribution < -0.4 is 0 Å². The van der Waals surface area contributed by atoms with Crippen LogP contribution >= 0.6 is 11.3 Å². The first-order valence-electron chi connectivity index (χ1n) is 4.71. The highest BCUT2D eigenvalue weighted by atomic mass is 32.1. The third-order valence-electron chi connectivity index (χ3n) is 2.34. The summed E-state index contributed by atoms with van der Waals surface area (Å²) < 4.78 is 4.01. The van der Waals surface area contributed by atoms with Crippen molar-refractivity contribution >= 4 is 48.9 Å². The van der Waals surface area contributed by atoms with Gasteiger partial charge in [0.2, 0.25) is 5.41 Å². The van der Waals surface area contributed by atoms with Crippen LogP contribution in [0.25, 0.3) is 0 Å². The van der Waals surface area contributed by atoms with Gasteiger partial charge in [0.25, 0.3) is 0 Å². The summed E-state index contributed by atoms with van der Waals surface area (Å²) in [5.74, 6) is -1.44. The molecular formula is C11H6O7S. The number of esters is 1. The lowest BCUT2D eigenvalue weighted by Crippen LogP contribution is -2.40. The topological polar surface area (TPSA) is 112 Å². The van der Waals surface area contributed by atoms with Crippen molar-refractivity contribution < 1.29 is 33.5 Å². The van der Waals surface area contributed by atoms with Crippen molar-refractivity contribution in [3.8, 4) is 0 Å². The van der Waals surface area contributed by atoms with Crippen molar-refractivity contribution in [2.75, 3.05) is 0 Å². The van der Waals surface area contributed by atoms with Gasteiger partial charge in [0, 0.05) is 21.4 Å². The Kier molecular flexibility index (Phi) is 4.54. The molecule has 0 saturated carbocycles. The lowest BCUT2D eigenvalue weighted by Gasteiger charge is -2.16. The van der Waals surface area contributed by atoms with E-state index in [0.29, 0.717) is 17.6 Å². The maximum absolute atomic E-state index is 11.6. The molecule has 0 aliphatic carbocycles. The molecule has 7 nitrogen and oxygen atoms in total. The molecule has 0 aliphatic heterocycles. The predicted octanol–water partition coefficient (Wildman–Crippen LogP) is -0.292. The molecule has 98 valence electrons. The molecule has 0 fully saturated rings. The van der Waals surface area contributed by atoms with Crippen LogP contribution in [-0.4, -0.2) is 37.6 Å². The van der Waals surface area contributed by atoms with E-state index >= 15 is 0 Å². The Balaban J connectivity index is 3.54. The third kappa shape index (κ3) is 2.25. The average Bonchev–Trinajstić information content (AvgIpc) is 2.84. The SMILES string of the molecule is O=COC(=O)C(C=O)(C=O)c1scc(C=O)c1C=O. The van der Waals surface area contributed by atoms with E-state index in [9.17, 15) is 28.8 Å². The van der Waals surface area contributed by atoms with E-state index in [2.05, 4.69) is 4.74 Å². The molecule has 0 saturated heterocycles. The van der Waals surface area contributed by atoms with Gasteiger partial charge < -0.3 is 14.3 Å². The van der Waals surface area contributed by atoms with Crippen LogP contribution in [-0.2, 0) is 29.3 Å². The Bertz CT molecular complexity index is 549. The molecule has 1 aromatic rings. The van der Waals surface area contributed by atoms with Gasteiger partial charge in [-0.15, -0.1) is 11.3 Å². The fraction of sp³-hybridized carbons (Fsp3) is 0.0909. The smallest absolute Gasteiger partial charge is 0.339 e. The monoisotopic (exact) mass is 282 g/mol. The molecule has 0 N–H and O–H groups in total. The number of rotatable bonds is 7. The number of ether oxygens (including phenoxy) is 1. The number of hydrogen-bond donors (Lipinski definition) is 0. The highest BCUT2D eigenvalue weighted by molar-refractivity contribution is 7.11. The van der Waals surface area contributed by atoms with Crippen LogP contribution in [0.4, 0.5) is 0 Å². The van der Waals surface area contributed by atoms with Gasteiger partial charge in [0.05, 0.1) is 0 Å². The van der Waals surface area contributed by atoms with Crippen LogP contribution in [0.1, 0.15) is 25.6 Å². The molecule has 0 aliphatic rings. The summed E-state index contributed by atoms with van der Waals surface area (Å²) in [4.78, 5) is 65.3.